The van der Waals surface area contributed by atoms with E-state index in [0.717, 1.165) is 30.5 Å². The van der Waals surface area contributed by atoms with E-state index in [1.165, 1.54) is 0 Å². The van der Waals surface area contributed by atoms with Gasteiger partial charge in [0.05, 0.1) is 0 Å². The van der Waals surface area contributed by atoms with Crippen LogP contribution in [0, 0.1) is 5.92 Å². The SMILES string of the molecule is NC(CCC(=O)c1ccccc1)(C(=O)O)C1c2ccccc2NC2CCCC21. The largest absolute Gasteiger partial charge is 0.480 e. The second-order valence-corrected chi connectivity index (χ2v) is 8.05. The first-order valence-electron chi connectivity index (χ1n) is 9.96. The minimum atomic E-state index is -1.48. The van der Waals surface area contributed by atoms with Gasteiger partial charge in [-0.25, -0.2) is 0 Å². The third kappa shape index (κ3) is 3.20. The third-order valence-electron chi connectivity index (χ3n) is 6.45. The van der Waals surface area contributed by atoms with Crippen LogP contribution in [0.3, 0.4) is 0 Å². The Morgan fingerprint density at radius 1 is 1.07 bits per heavy atom. The number of ketones is 1. The van der Waals surface area contributed by atoms with E-state index < -0.39 is 11.5 Å². The Morgan fingerprint density at radius 2 is 1.79 bits per heavy atom. The molecule has 0 amide bonds. The van der Waals surface area contributed by atoms with Gasteiger partial charge >= 0.3 is 5.97 Å². The maximum Gasteiger partial charge on any atom is 0.324 e. The number of nitrogens with one attached hydrogen (secondary N) is 1. The molecule has 0 spiro atoms. The van der Waals surface area contributed by atoms with Crippen LogP contribution in [0.5, 0.6) is 0 Å². The lowest BCUT2D eigenvalue weighted by molar-refractivity contribution is -0.145. The summed E-state index contributed by atoms with van der Waals surface area (Å²) in [7, 11) is 0. The van der Waals surface area contributed by atoms with Gasteiger partial charge in [-0.15, -0.1) is 0 Å². The van der Waals surface area contributed by atoms with Gasteiger partial charge < -0.3 is 16.2 Å². The van der Waals surface area contributed by atoms with Crippen molar-refractivity contribution in [2.75, 3.05) is 5.32 Å². The van der Waals surface area contributed by atoms with Gasteiger partial charge in [0, 0.05) is 29.6 Å². The molecule has 4 unspecified atom stereocenters. The van der Waals surface area contributed by atoms with Crippen molar-refractivity contribution in [3.63, 3.8) is 0 Å². The Labute approximate surface area is 164 Å². The Bertz CT molecular complexity index is 882. The van der Waals surface area contributed by atoms with Crippen LogP contribution in [0.1, 0.15) is 53.9 Å². The zero-order valence-corrected chi connectivity index (χ0v) is 15.8. The highest BCUT2D eigenvalue weighted by Crippen LogP contribution is 2.50. The minimum absolute atomic E-state index is 0.0677. The molecule has 1 fully saturated rings. The Hall–Kier alpha value is -2.66. The van der Waals surface area contributed by atoms with E-state index in [1.54, 1.807) is 12.1 Å². The summed E-state index contributed by atoms with van der Waals surface area (Å²) < 4.78 is 0. The van der Waals surface area contributed by atoms with Crippen LogP contribution in [0.2, 0.25) is 0 Å². The van der Waals surface area contributed by atoms with E-state index in [1.807, 2.05) is 42.5 Å². The maximum atomic E-state index is 12.6. The lowest BCUT2D eigenvalue weighted by atomic mass is 9.66. The van der Waals surface area contributed by atoms with Crippen molar-refractivity contribution >= 4 is 17.4 Å². The molecule has 0 bridgehead atoms. The standard InChI is InChI=1S/C23H26N2O3/c24-23(22(27)28,14-13-20(26)15-7-2-1-3-8-15)21-16-9-4-5-11-18(16)25-19-12-6-10-17(19)21/h1-5,7-9,11,17,19,21,25H,6,10,12-14,24H2,(H,27,28). The number of fused-ring (bicyclic) bond motifs is 2. The van der Waals surface area contributed by atoms with Gasteiger partial charge in [-0.05, 0) is 36.8 Å². The quantitative estimate of drug-likeness (QED) is 0.665. The second kappa shape index (κ2) is 7.40. The summed E-state index contributed by atoms with van der Waals surface area (Å²) in [4.78, 5) is 25.0. The molecule has 0 radical (unpaired) electrons. The molecule has 4 rings (SSSR count). The number of carbonyl (C=O) groups excluding carboxylic acids is 1. The highest BCUT2D eigenvalue weighted by Gasteiger charge is 2.52. The van der Waals surface area contributed by atoms with Crippen LogP contribution in [0.15, 0.2) is 54.6 Å². The smallest absolute Gasteiger partial charge is 0.324 e. The molecular weight excluding hydrogens is 352 g/mol. The second-order valence-electron chi connectivity index (χ2n) is 8.05. The van der Waals surface area contributed by atoms with Crippen molar-refractivity contribution < 1.29 is 14.7 Å². The van der Waals surface area contributed by atoms with Crippen molar-refractivity contribution in [1.82, 2.24) is 0 Å². The number of Topliss-reactive ketones (excluding diaryl/α,β-unsaturated/α-hetero) is 1. The number of carboxylic acids is 1. The molecule has 4 N–H and O–H groups in total. The van der Waals surface area contributed by atoms with Gasteiger partial charge in [0.2, 0.25) is 0 Å². The van der Waals surface area contributed by atoms with Crippen LogP contribution in [-0.4, -0.2) is 28.4 Å². The number of carbonyl (C=O) groups is 2. The lowest BCUT2D eigenvalue weighted by Gasteiger charge is -2.44. The zero-order valence-electron chi connectivity index (χ0n) is 15.8. The number of para-hydroxylation sites is 1. The van der Waals surface area contributed by atoms with Crippen molar-refractivity contribution in [3.8, 4) is 0 Å². The fourth-order valence-corrected chi connectivity index (χ4v) is 5.04. The number of carboxylic acid groups (broad SMARTS) is 1. The summed E-state index contributed by atoms with van der Waals surface area (Å²) in [6, 6.07) is 17.1. The van der Waals surface area contributed by atoms with Gasteiger partial charge in [-0.3, -0.25) is 9.59 Å². The van der Waals surface area contributed by atoms with E-state index in [4.69, 9.17) is 5.73 Å². The maximum absolute atomic E-state index is 12.6. The van der Waals surface area contributed by atoms with Crippen molar-refractivity contribution in [3.05, 3.63) is 65.7 Å². The molecule has 146 valence electrons. The predicted octanol–water partition coefficient (Wildman–Crippen LogP) is 3.81. The summed E-state index contributed by atoms with van der Waals surface area (Å²) in [6.07, 6.45) is 3.28. The van der Waals surface area contributed by atoms with Crippen LogP contribution >= 0.6 is 0 Å². The first kappa shape index (κ1) is 18.7. The van der Waals surface area contributed by atoms with Gasteiger partial charge in [0.1, 0.15) is 5.54 Å². The van der Waals surface area contributed by atoms with Crippen LogP contribution < -0.4 is 11.1 Å². The zero-order chi connectivity index (χ0) is 19.7. The van der Waals surface area contributed by atoms with E-state index in [0.29, 0.717) is 5.56 Å². The number of hydrogen-bond acceptors (Lipinski definition) is 4. The molecule has 4 atom stereocenters. The molecule has 0 saturated heterocycles. The molecule has 2 aromatic carbocycles. The van der Waals surface area contributed by atoms with Crippen molar-refractivity contribution in [2.24, 2.45) is 11.7 Å². The monoisotopic (exact) mass is 378 g/mol. The molecule has 0 aromatic heterocycles. The molecule has 1 aliphatic carbocycles. The summed E-state index contributed by atoms with van der Waals surface area (Å²) in [6.45, 7) is 0. The molecule has 1 aliphatic heterocycles. The molecular formula is C23H26N2O3. The minimum Gasteiger partial charge on any atom is -0.480 e. The van der Waals surface area contributed by atoms with Gasteiger partial charge in [-0.1, -0.05) is 55.0 Å². The van der Waals surface area contributed by atoms with Crippen LogP contribution in [0.4, 0.5) is 5.69 Å². The highest BCUT2D eigenvalue weighted by molar-refractivity contribution is 5.96. The number of benzene rings is 2. The number of anilines is 1. The average molecular weight is 378 g/mol. The molecule has 28 heavy (non-hydrogen) atoms. The van der Waals surface area contributed by atoms with Crippen molar-refractivity contribution in [1.29, 1.82) is 0 Å². The number of rotatable bonds is 6. The third-order valence-corrected chi connectivity index (χ3v) is 6.45. The molecule has 1 saturated carbocycles. The normalized spacial score (nSPS) is 25.1. The van der Waals surface area contributed by atoms with Gasteiger partial charge in [0.15, 0.2) is 5.78 Å². The Kier molecular flexibility index (Phi) is 4.94. The summed E-state index contributed by atoms with van der Waals surface area (Å²) in [5.41, 5.74) is 7.69. The molecule has 1 heterocycles. The topological polar surface area (TPSA) is 92.4 Å². The average Bonchev–Trinajstić information content (AvgIpc) is 3.18. The summed E-state index contributed by atoms with van der Waals surface area (Å²) >= 11 is 0. The lowest BCUT2D eigenvalue weighted by Crippen LogP contribution is -2.57. The molecule has 5 nitrogen and oxygen atoms in total. The first-order chi connectivity index (χ1) is 13.5. The summed E-state index contributed by atoms with van der Waals surface area (Å²) in [5.74, 6) is -1.23. The van der Waals surface area contributed by atoms with E-state index in [9.17, 15) is 14.7 Å². The van der Waals surface area contributed by atoms with Gasteiger partial charge in [0.25, 0.3) is 0 Å². The van der Waals surface area contributed by atoms with E-state index >= 15 is 0 Å². The first-order valence-corrected chi connectivity index (χ1v) is 9.96. The predicted molar refractivity (Wildman–Crippen MR) is 108 cm³/mol. The molecule has 2 aliphatic rings. The van der Waals surface area contributed by atoms with E-state index in [-0.39, 0.29) is 36.5 Å². The number of aliphatic carboxylic acids is 1. The molecule has 2 aromatic rings. The number of nitrogens with two attached hydrogens (primary N) is 1. The fraction of sp³-hybridized carbons (Fsp3) is 0.391. The number of hydrogen-bond donors (Lipinski definition) is 3. The fourth-order valence-electron chi connectivity index (χ4n) is 5.04. The highest BCUT2D eigenvalue weighted by atomic mass is 16.4. The van der Waals surface area contributed by atoms with E-state index in [2.05, 4.69) is 5.32 Å². The van der Waals surface area contributed by atoms with Gasteiger partial charge in [-0.2, -0.15) is 0 Å². The van der Waals surface area contributed by atoms with Crippen molar-refractivity contribution in [2.45, 2.75) is 49.6 Å². The van der Waals surface area contributed by atoms with Crippen LogP contribution in [0.25, 0.3) is 0 Å². The van der Waals surface area contributed by atoms with Crippen LogP contribution in [-0.2, 0) is 4.79 Å². The Balaban J connectivity index is 1.66. The molecule has 5 heteroatoms. The summed E-state index contributed by atoms with van der Waals surface area (Å²) in [5, 5.41) is 13.7. The Morgan fingerprint density at radius 3 is 2.54 bits per heavy atom.